The summed E-state index contributed by atoms with van der Waals surface area (Å²) < 4.78 is 1.55. The van der Waals surface area contributed by atoms with Crippen molar-refractivity contribution in [1.82, 2.24) is 0 Å². The van der Waals surface area contributed by atoms with Gasteiger partial charge in [0.2, 0.25) is 0 Å². The normalized spacial score (nSPS) is 18.2. The summed E-state index contributed by atoms with van der Waals surface area (Å²) in [5.41, 5.74) is 6.00. The van der Waals surface area contributed by atoms with Crippen LogP contribution in [0.4, 0.5) is 0 Å². The van der Waals surface area contributed by atoms with E-state index in [1.807, 2.05) is 0 Å². The van der Waals surface area contributed by atoms with Crippen molar-refractivity contribution in [3.8, 4) is 0 Å². The summed E-state index contributed by atoms with van der Waals surface area (Å²) >= 11 is -1.72. The van der Waals surface area contributed by atoms with E-state index in [9.17, 15) is 0 Å². The molecule has 0 amide bonds. The van der Waals surface area contributed by atoms with Gasteiger partial charge in [-0.2, -0.15) is 0 Å². The van der Waals surface area contributed by atoms with Crippen molar-refractivity contribution in [3.63, 3.8) is 0 Å². The van der Waals surface area contributed by atoms with Gasteiger partial charge in [-0.3, -0.25) is 0 Å². The zero-order chi connectivity index (χ0) is 16.5. The van der Waals surface area contributed by atoms with E-state index < -0.39 is 20.4 Å². The molecule has 0 fully saturated rings. The third kappa shape index (κ3) is 3.90. The Labute approximate surface area is 177 Å². The van der Waals surface area contributed by atoms with Crippen LogP contribution in [0.25, 0.3) is 12.2 Å². The van der Waals surface area contributed by atoms with Crippen LogP contribution in [-0.4, -0.2) is 5.43 Å². The zero-order valence-electron chi connectivity index (χ0n) is 15.3. The smallest absolute Gasteiger partial charge is 1.00 e. The fourth-order valence-corrected chi connectivity index (χ4v) is 27.4. The molecule has 2 aromatic rings. The van der Waals surface area contributed by atoms with Gasteiger partial charge in [-0.05, 0) is 0 Å². The topological polar surface area (TPSA) is 0 Å². The van der Waals surface area contributed by atoms with Crippen molar-refractivity contribution in [1.29, 1.82) is 0 Å². The van der Waals surface area contributed by atoms with Crippen LogP contribution >= 0.6 is 0 Å². The molecule has 0 saturated carbocycles. The van der Waals surface area contributed by atoms with E-state index in [4.69, 9.17) is 0 Å². The van der Waals surface area contributed by atoms with Gasteiger partial charge in [0, 0.05) is 0 Å². The third-order valence-electron chi connectivity index (χ3n) is 5.53. The van der Waals surface area contributed by atoms with Gasteiger partial charge in [0.05, 0.1) is 0 Å². The number of hydrogen-bond donors (Lipinski definition) is 0. The van der Waals surface area contributed by atoms with Crippen molar-refractivity contribution in [2.75, 3.05) is 0 Å². The zero-order valence-corrected chi connectivity index (χ0v) is 20.2. The number of halogens is 2. The second-order valence-electron chi connectivity index (χ2n) is 6.70. The van der Waals surface area contributed by atoms with Crippen molar-refractivity contribution in [2.45, 2.75) is 33.2 Å². The molecule has 2 aliphatic rings. The summed E-state index contributed by atoms with van der Waals surface area (Å²) in [5.74, 6) is 0. The Bertz CT molecular complexity index is 800. The molecule has 0 N–H and O–H groups in total. The summed E-state index contributed by atoms with van der Waals surface area (Å²) in [6.07, 6.45) is 9.94. The minimum Gasteiger partial charge on any atom is -1.00 e. The third-order valence-corrected chi connectivity index (χ3v) is 28.7. The first-order valence-electron chi connectivity index (χ1n) is 9.09. The first-order valence-corrected chi connectivity index (χ1v) is 17.5. The van der Waals surface area contributed by atoms with Crippen LogP contribution in [0.3, 0.4) is 0 Å². The standard InChI is InChI=1S/2C9H7.C4H10Si.2ClH.Zr/c2*1-2-5-9-7-3-6-8(9)4-1;1-3-5-4-2;;;/h2*1-7H;3-4H2,1-2H3;2*1H;/q;;;;;+2/p-2. The Hall–Kier alpha value is -0.400. The van der Waals surface area contributed by atoms with Crippen LogP contribution in [0, 0.1) is 0 Å². The van der Waals surface area contributed by atoms with Crippen LogP contribution in [0.5, 0.6) is 0 Å². The number of rotatable bonds is 4. The van der Waals surface area contributed by atoms with Gasteiger partial charge in [0.15, 0.2) is 0 Å². The summed E-state index contributed by atoms with van der Waals surface area (Å²) in [7, 11) is 0. The molecule has 2 unspecified atom stereocenters. The second-order valence-corrected chi connectivity index (χ2v) is 23.2. The summed E-state index contributed by atoms with van der Waals surface area (Å²) in [5, 5.41) is 0. The summed E-state index contributed by atoms with van der Waals surface area (Å²) in [6, 6.07) is 21.1. The maximum atomic E-state index is 2.57. The van der Waals surface area contributed by atoms with E-state index in [2.05, 4.69) is 86.7 Å². The Morgan fingerprint density at radius 2 is 1.15 bits per heavy atom. The van der Waals surface area contributed by atoms with E-state index in [-0.39, 0.29) is 30.2 Å². The van der Waals surface area contributed by atoms with Crippen LogP contribution in [0.15, 0.2) is 60.7 Å². The monoisotopic (exact) mass is 476 g/mol. The van der Waals surface area contributed by atoms with E-state index in [0.29, 0.717) is 0 Å². The quantitative estimate of drug-likeness (QED) is 0.550. The van der Waals surface area contributed by atoms with Gasteiger partial charge in [0.25, 0.3) is 0 Å². The Kier molecular flexibility index (Phi) is 8.16. The molecule has 2 aliphatic carbocycles. The van der Waals surface area contributed by atoms with Crippen LogP contribution in [0.1, 0.15) is 43.4 Å². The largest absolute Gasteiger partial charge is 1.00 e. The number of benzene rings is 2. The van der Waals surface area contributed by atoms with Crippen molar-refractivity contribution in [3.05, 3.63) is 82.9 Å². The number of allylic oxidation sites excluding steroid dienone is 2. The van der Waals surface area contributed by atoms with Gasteiger partial charge in [-0.15, -0.1) is 0 Å². The molecule has 0 aromatic heterocycles. The van der Waals surface area contributed by atoms with Crippen LogP contribution in [0.2, 0.25) is 12.1 Å². The molecule has 2 atom stereocenters. The molecule has 0 bridgehead atoms. The van der Waals surface area contributed by atoms with Crippen molar-refractivity contribution in [2.24, 2.45) is 0 Å². The molecule has 26 heavy (non-hydrogen) atoms. The molecule has 2 aromatic carbocycles. The van der Waals surface area contributed by atoms with Gasteiger partial charge in [-0.1, -0.05) is 0 Å². The van der Waals surface area contributed by atoms with E-state index >= 15 is 0 Å². The summed E-state index contributed by atoms with van der Waals surface area (Å²) in [6.45, 7) is 4.90. The fraction of sp³-hybridized carbons (Fsp3) is 0.273. The first-order chi connectivity index (χ1) is 11.8. The predicted octanol–water partition coefficient (Wildman–Crippen LogP) is 0.180. The maximum absolute atomic E-state index is 2.57. The van der Waals surface area contributed by atoms with Crippen LogP contribution < -0.4 is 24.8 Å². The summed E-state index contributed by atoms with van der Waals surface area (Å²) in [4.78, 5) is 0. The molecular formula is C22H24Cl2SiZr. The average molecular weight is 479 g/mol. The molecule has 0 spiro atoms. The predicted molar refractivity (Wildman–Crippen MR) is 103 cm³/mol. The van der Waals surface area contributed by atoms with Crippen LogP contribution in [-0.2, 0) is 20.4 Å². The van der Waals surface area contributed by atoms with Crippen molar-refractivity contribution >= 4 is 17.6 Å². The molecule has 0 nitrogen and oxygen atoms in total. The molecule has 0 saturated heterocycles. The minimum absolute atomic E-state index is 0. The Morgan fingerprint density at radius 3 is 1.58 bits per heavy atom. The molecule has 4 heteroatoms. The minimum atomic E-state index is -1.72. The van der Waals surface area contributed by atoms with E-state index in [1.165, 1.54) is 23.2 Å². The molecule has 0 radical (unpaired) electrons. The SMILES string of the molecule is CC[Si](CC)=[Zr+2]([CH]1C=Cc2ccccc21)[CH]1C=Cc2ccccc21.[Cl-].[Cl-]. The van der Waals surface area contributed by atoms with Gasteiger partial charge < -0.3 is 24.8 Å². The number of hydrogen-bond acceptors (Lipinski definition) is 0. The molecule has 0 heterocycles. The van der Waals surface area contributed by atoms with Gasteiger partial charge in [0.1, 0.15) is 0 Å². The van der Waals surface area contributed by atoms with E-state index in [0.717, 1.165) is 7.25 Å². The fourth-order valence-electron chi connectivity index (χ4n) is 4.33. The molecule has 134 valence electrons. The molecular weight excluding hydrogens is 454 g/mol. The van der Waals surface area contributed by atoms with Gasteiger partial charge >= 0.3 is 154 Å². The van der Waals surface area contributed by atoms with Crippen molar-refractivity contribution < 1.29 is 45.2 Å². The Morgan fingerprint density at radius 1 is 0.731 bits per heavy atom. The molecule has 4 rings (SSSR count). The second kappa shape index (κ2) is 9.69. The number of fused-ring (bicyclic) bond motifs is 2. The van der Waals surface area contributed by atoms with E-state index in [1.54, 1.807) is 11.1 Å². The van der Waals surface area contributed by atoms with Gasteiger partial charge in [-0.25, -0.2) is 0 Å². The first kappa shape index (κ1) is 21.9. The maximum Gasteiger partial charge on any atom is -1.00 e. The molecule has 0 aliphatic heterocycles. The Balaban J connectivity index is 0.00000121. The average Bonchev–Trinajstić information content (AvgIpc) is 3.24.